The summed E-state index contributed by atoms with van der Waals surface area (Å²) >= 11 is 1.33. The molecule has 4 rings (SSSR count). The maximum absolute atomic E-state index is 12.9. The molecule has 1 saturated heterocycles. The molecule has 1 atom stereocenters. The Balaban J connectivity index is 1.43. The van der Waals surface area contributed by atoms with E-state index in [2.05, 4.69) is 0 Å². The summed E-state index contributed by atoms with van der Waals surface area (Å²) in [6, 6.07) is 21.1. The van der Waals surface area contributed by atoms with Crippen LogP contribution < -0.4 is 15.4 Å². The van der Waals surface area contributed by atoms with Gasteiger partial charge >= 0.3 is 0 Å². The second-order valence-corrected chi connectivity index (χ2v) is 8.74. The normalized spacial score (nSPS) is 15.9. The first kappa shape index (κ1) is 22.4. The van der Waals surface area contributed by atoms with Crippen molar-refractivity contribution >= 4 is 46.8 Å². The number of carbonyl (C=O) groups excluding carboxylic acids is 3. The van der Waals surface area contributed by atoms with E-state index in [0.717, 1.165) is 16.2 Å². The number of nitrogen functional groups attached to an aromatic ring is 1. The highest BCUT2D eigenvalue weighted by Gasteiger charge is 2.40. The monoisotopic (exact) mass is 458 g/mol. The number of carbonyl (C=O) groups is 3. The third kappa shape index (κ3) is 5.15. The zero-order chi connectivity index (χ0) is 23.4. The predicted molar refractivity (Wildman–Crippen MR) is 130 cm³/mol. The molecule has 1 heterocycles. The Hall–Kier alpha value is -3.84. The number of thioether (sulfide) groups is 1. The number of nitrogens with two attached hydrogens (primary N) is 1. The number of ether oxygens (including phenoxy) is 1. The quantitative estimate of drug-likeness (QED) is 0.241. The molecule has 2 N–H and O–H groups in total. The molecule has 1 aliphatic rings. The van der Waals surface area contributed by atoms with Crippen LogP contribution in [0.25, 0.3) is 6.08 Å². The van der Waals surface area contributed by atoms with Crippen molar-refractivity contribution in [3.8, 4) is 5.75 Å². The molecule has 3 aromatic carbocycles. The topological polar surface area (TPSA) is 89.7 Å². The molecule has 1 fully saturated rings. The molecular formula is C26H22N2O4S. The van der Waals surface area contributed by atoms with Crippen molar-refractivity contribution in [1.29, 1.82) is 0 Å². The number of methoxy groups -OCH3 is 1. The zero-order valence-electron chi connectivity index (χ0n) is 17.9. The van der Waals surface area contributed by atoms with E-state index in [0.29, 0.717) is 16.9 Å². The van der Waals surface area contributed by atoms with Gasteiger partial charge in [-0.15, -0.1) is 11.8 Å². The minimum Gasteiger partial charge on any atom is -0.497 e. The van der Waals surface area contributed by atoms with Crippen LogP contribution in [0.1, 0.15) is 22.3 Å². The van der Waals surface area contributed by atoms with Gasteiger partial charge in [-0.3, -0.25) is 14.4 Å². The summed E-state index contributed by atoms with van der Waals surface area (Å²) in [5.74, 6) is 0.0333. The first-order chi connectivity index (χ1) is 15.9. The minimum absolute atomic E-state index is 0.115. The molecule has 7 heteroatoms. The van der Waals surface area contributed by atoms with Crippen LogP contribution in [-0.2, 0) is 9.59 Å². The highest BCUT2D eigenvalue weighted by atomic mass is 32.2. The van der Waals surface area contributed by atoms with Gasteiger partial charge in [-0.2, -0.15) is 0 Å². The molecule has 166 valence electrons. The lowest BCUT2D eigenvalue weighted by Crippen LogP contribution is -2.31. The maximum Gasteiger partial charge on any atom is 0.247 e. The van der Waals surface area contributed by atoms with E-state index < -0.39 is 5.25 Å². The van der Waals surface area contributed by atoms with Crippen molar-refractivity contribution in [3.05, 3.63) is 90.0 Å². The van der Waals surface area contributed by atoms with E-state index >= 15 is 0 Å². The third-order valence-electron chi connectivity index (χ3n) is 5.19. The molecule has 3 aromatic rings. The van der Waals surface area contributed by atoms with Gasteiger partial charge in [-0.1, -0.05) is 24.3 Å². The number of nitrogens with zero attached hydrogens (tertiary/aromatic N) is 1. The largest absolute Gasteiger partial charge is 0.497 e. The number of hydrogen-bond donors (Lipinski definition) is 1. The van der Waals surface area contributed by atoms with Crippen molar-refractivity contribution in [3.63, 3.8) is 0 Å². The van der Waals surface area contributed by atoms with E-state index in [1.54, 1.807) is 49.6 Å². The van der Waals surface area contributed by atoms with Crippen LogP contribution in [0.2, 0.25) is 0 Å². The summed E-state index contributed by atoms with van der Waals surface area (Å²) in [7, 11) is 1.60. The van der Waals surface area contributed by atoms with E-state index in [1.165, 1.54) is 22.7 Å². The van der Waals surface area contributed by atoms with Crippen LogP contribution in [0.15, 0.2) is 83.8 Å². The van der Waals surface area contributed by atoms with Gasteiger partial charge in [-0.05, 0) is 66.2 Å². The van der Waals surface area contributed by atoms with Gasteiger partial charge in [0.05, 0.1) is 18.0 Å². The summed E-state index contributed by atoms with van der Waals surface area (Å²) in [6.45, 7) is 0. The van der Waals surface area contributed by atoms with Crippen molar-refractivity contribution < 1.29 is 19.1 Å². The summed E-state index contributed by atoms with van der Waals surface area (Å²) < 4.78 is 5.12. The number of amides is 2. The molecule has 0 aliphatic carbocycles. The molecule has 6 nitrogen and oxygen atoms in total. The Kier molecular flexibility index (Phi) is 6.60. The predicted octanol–water partition coefficient (Wildman–Crippen LogP) is 4.60. The summed E-state index contributed by atoms with van der Waals surface area (Å²) in [4.78, 5) is 40.0. The van der Waals surface area contributed by atoms with Crippen molar-refractivity contribution in [2.24, 2.45) is 0 Å². The smallest absolute Gasteiger partial charge is 0.247 e. The Bertz CT molecular complexity index is 1220. The van der Waals surface area contributed by atoms with Gasteiger partial charge in [-0.25, -0.2) is 4.90 Å². The lowest BCUT2D eigenvalue weighted by Gasteiger charge is -2.15. The minimum atomic E-state index is -0.506. The Morgan fingerprint density at radius 2 is 1.79 bits per heavy atom. The van der Waals surface area contributed by atoms with E-state index in [1.807, 2.05) is 36.4 Å². The molecule has 1 aliphatic heterocycles. The Morgan fingerprint density at radius 1 is 1.06 bits per heavy atom. The summed E-state index contributed by atoms with van der Waals surface area (Å²) in [5.41, 5.74) is 8.21. The van der Waals surface area contributed by atoms with Crippen LogP contribution in [0.4, 0.5) is 11.4 Å². The summed E-state index contributed by atoms with van der Waals surface area (Å²) in [6.07, 6.45) is 3.33. The van der Waals surface area contributed by atoms with E-state index in [9.17, 15) is 14.4 Å². The fraction of sp³-hybridized carbons (Fsp3) is 0.115. The van der Waals surface area contributed by atoms with Gasteiger partial charge in [0, 0.05) is 22.6 Å². The first-order valence-electron chi connectivity index (χ1n) is 10.3. The van der Waals surface area contributed by atoms with Crippen LogP contribution in [0.5, 0.6) is 5.75 Å². The molecule has 0 bridgehead atoms. The number of allylic oxidation sites excluding steroid dienone is 1. The first-order valence-corrected chi connectivity index (χ1v) is 11.2. The van der Waals surface area contributed by atoms with Crippen molar-refractivity contribution in [1.82, 2.24) is 0 Å². The number of imide groups is 1. The maximum atomic E-state index is 12.9. The van der Waals surface area contributed by atoms with Gasteiger partial charge in [0.25, 0.3) is 0 Å². The fourth-order valence-electron chi connectivity index (χ4n) is 3.48. The molecule has 0 aromatic heterocycles. The van der Waals surface area contributed by atoms with Gasteiger partial charge in [0.15, 0.2) is 5.78 Å². The number of benzene rings is 3. The highest BCUT2D eigenvalue weighted by Crippen LogP contribution is 2.34. The third-order valence-corrected chi connectivity index (χ3v) is 6.37. The molecule has 0 radical (unpaired) electrons. The van der Waals surface area contributed by atoms with Crippen molar-refractivity contribution in [2.45, 2.75) is 16.6 Å². The molecular weight excluding hydrogens is 436 g/mol. The second-order valence-electron chi connectivity index (χ2n) is 7.47. The lowest BCUT2D eigenvalue weighted by atomic mass is 10.1. The van der Waals surface area contributed by atoms with Crippen LogP contribution in [0.3, 0.4) is 0 Å². The van der Waals surface area contributed by atoms with Gasteiger partial charge in [0.2, 0.25) is 11.8 Å². The van der Waals surface area contributed by atoms with E-state index in [4.69, 9.17) is 10.5 Å². The highest BCUT2D eigenvalue weighted by molar-refractivity contribution is 8.00. The standard InChI is InChI=1S/C26H22N2O4S/c1-32-21-12-5-17(6-13-21)7-14-23(29)18-8-10-20(11-9-18)28-25(30)16-24(26(28)31)33-22-4-2-3-19(27)15-22/h2-15,24H,16,27H2,1H3/b14-7+. The Morgan fingerprint density at radius 3 is 2.45 bits per heavy atom. The van der Waals surface area contributed by atoms with Crippen LogP contribution >= 0.6 is 11.8 Å². The summed E-state index contributed by atoms with van der Waals surface area (Å²) in [5, 5.41) is -0.506. The van der Waals surface area contributed by atoms with Crippen LogP contribution in [-0.4, -0.2) is 30.0 Å². The van der Waals surface area contributed by atoms with Crippen molar-refractivity contribution in [2.75, 3.05) is 17.7 Å². The van der Waals surface area contributed by atoms with Crippen LogP contribution in [0, 0.1) is 0 Å². The van der Waals surface area contributed by atoms with Gasteiger partial charge < -0.3 is 10.5 Å². The van der Waals surface area contributed by atoms with E-state index in [-0.39, 0.29) is 24.0 Å². The molecule has 33 heavy (non-hydrogen) atoms. The van der Waals surface area contributed by atoms with Gasteiger partial charge in [0.1, 0.15) is 5.75 Å². The number of hydrogen-bond acceptors (Lipinski definition) is 6. The molecule has 0 saturated carbocycles. The number of anilines is 2. The molecule has 1 unspecified atom stereocenters. The zero-order valence-corrected chi connectivity index (χ0v) is 18.7. The molecule has 2 amide bonds. The second kappa shape index (κ2) is 9.75. The molecule has 0 spiro atoms. The Labute approximate surface area is 196 Å². The average molecular weight is 459 g/mol. The fourth-order valence-corrected chi connectivity index (χ4v) is 4.60. The number of ketones is 1. The lowest BCUT2D eigenvalue weighted by molar-refractivity contribution is -0.121. The SMILES string of the molecule is COc1ccc(/C=C/C(=O)c2ccc(N3C(=O)CC(Sc4cccc(N)c4)C3=O)cc2)cc1. The average Bonchev–Trinajstić information content (AvgIpc) is 3.10. The number of rotatable bonds is 7.